The fourth-order valence-corrected chi connectivity index (χ4v) is 3.14. The standard InChI is InChI=1S/C16H23F2N/c1-3-13-8-9-15(11(13)2)19-10-12-4-6-14(7-5-12)16(17)18/h4-7,11,13,15-16,19H,3,8-10H2,1-2H3. The highest BCUT2D eigenvalue weighted by atomic mass is 19.3. The van der Waals surface area contributed by atoms with Crippen molar-refractivity contribution in [1.82, 2.24) is 5.32 Å². The molecule has 1 saturated carbocycles. The Morgan fingerprint density at radius 2 is 1.89 bits per heavy atom. The smallest absolute Gasteiger partial charge is 0.263 e. The van der Waals surface area contributed by atoms with Gasteiger partial charge in [0.2, 0.25) is 0 Å². The quantitative estimate of drug-likeness (QED) is 0.826. The Morgan fingerprint density at radius 1 is 1.21 bits per heavy atom. The highest BCUT2D eigenvalue weighted by Crippen LogP contribution is 2.34. The molecule has 0 amide bonds. The first kappa shape index (κ1) is 14.4. The van der Waals surface area contributed by atoms with Crippen LogP contribution in [0.15, 0.2) is 24.3 Å². The van der Waals surface area contributed by atoms with Gasteiger partial charge in [-0.25, -0.2) is 8.78 Å². The van der Waals surface area contributed by atoms with Crippen LogP contribution in [0.1, 0.15) is 50.7 Å². The summed E-state index contributed by atoms with van der Waals surface area (Å²) in [5.41, 5.74) is 1.18. The molecule has 1 aromatic rings. The minimum absolute atomic E-state index is 0.101. The summed E-state index contributed by atoms with van der Waals surface area (Å²) in [6.07, 6.45) is 1.42. The fourth-order valence-electron chi connectivity index (χ4n) is 3.14. The largest absolute Gasteiger partial charge is 0.310 e. The minimum atomic E-state index is -2.37. The molecule has 1 fully saturated rings. The van der Waals surface area contributed by atoms with E-state index in [4.69, 9.17) is 0 Å². The fraction of sp³-hybridized carbons (Fsp3) is 0.625. The second-order valence-corrected chi connectivity index (χ2v) is 5.63. The summed E-state index contributed by atoms with van der Waals surface area (Å²) in [5, 5.41) is 3.57. The van der Waals surface area contributed by atoms with Crippen LogP contribution in [0.4, 0.5) is 8.78 Å². The van der Waals surface area contributed by atoms with Gasteiger partial charge in [0.25, 0.3) is 6.43 Å². The molecule has 3 atom stereocenters. The molecular formula is C16H23F2N. The van der Waals surface area contributed by atoms with Crippen LogP contribution in [0.5, 0.6) is 0 Å². The van der Waals surface area contributed by atoms with Crippen molar-refractivity contribution in [3.8, 4) is 0 Å². The summed E-state index contributed by atoms with van der Waals surface area (Å²) in [6, 6.07) is 7.21. The van der Waals surface area contributed by atoms with Gasteiger partial charge in [0.1, 0.15) is 0 Å². The van der Waals surface area contributed by atoms with E-state index in [1.807, 2.05) is 0 Å². The molecule has 0 aromatic heterocycles. The summed E-state index contributed by atoms with van der Waals surface area (Å²) in [6.45, 7) is 5.35. The van der Waals surface area contributed by atoms with Crippen LogP contribution in [0.3, 0.4) is 0 Å². The molecule has 1 aliphatic rings. The van der Waals surface area contributed by atoms with Gasteiger partial charge in [0.15, 0.2) is 0 Å². The van der Waals surface area contributed by atoms with Crippen LogP contribution in [-0.4, -0.2) is 6.04 Å². The maximum atomic E-state index is 12.4. The Hall–Kier alpha value is -0.960. The molecule has 0 saturated heterocycles. The minimum Gasteiger partial charge on any atom is -0.310 e. The first-order valence-electron chi connectivity index (χ1n) is 7.22. The van der Waals surface area contributed by atoms with Gasteiger partial charge >= 0.3 is 0 Å². The monoisotopic (exact) mass is 267 g/mol. The number of benzene rings is 1. The zero-order valence-electron chi connectivity index (χ0n) is 11.7. The lowest BCUT2D eigenvalue weighted by molar-refractivity contribution is 0.151. The highest BCUT2D eigenvalue weighted by Gasteiger charge is 2.30. The molecule has 1 N–H and O–H groups in total. The van der Waals surface area contributed by atoms with Gasteiger partial charge in [-0.05, 0) is 30.2 Å². The maximum Gasteiger partial charge on any atom is 0.263 e. The first-order chi connectivity index (χ1) is 9.11. The number of rotatable bonds is 5. The second kappa shape index (κ2) is 6.47. The SMILES string of the molecule is CCC1CCC(NCc2ccc(C(F)F)cc2)C1C. The number of halogens is 2. The third kappa shape index (κ3) is 3.53. The van der Waals surface area contributed by atoms with E-state index >= 15 is 0 Å². The molecule has 1 aliphatic carbocycles. The molecule has 0 aliphatic heterocycles. The van der Waals surface area contributed by atoms with Crippen molar-refractivity contribution in [3.63, 3.8) is 0 Å². The molecule has 3 unspecified atom stereocenters. The molecule has 1 aromatic carbocycles. The Labute approximate surface area is 114 Å². The summed E-state index contributed by atoms with van der Waals surface area (Å²) >= 11 is 0. The number of hydrogen-bond acceptors (Lipinski definition) is 1. The Morgan fingerprint density at radius 3 is 2.42 bits per heavy atom. The van der Waals surface area contributed by atoms with E-state index in [1.165, 1.54) is 31.4 Å². The van der Waals surface area contributed by atoms with Crippen molar-refractivity contribution in [2.75, 3.05) is 0 Å². The molecule has 19 heavy (non-hydrogen) atoms. The number of nitrogens with one attached hydrogen (secondary N) is 1. The molecule has 106 valence electrons. The zero-order valence-corrected chi connectivity index (χ0v) is 11.7. The molecule has 0 bridgehead atoms. The number of hydrogen-bond donors (Lipinski definition) is 1. The normalized spacial score (nSPS) is 27.1. The van der Waals surface area contributed by atoms with Crippen molar-refractivity contribution in [2.45, 2.75) is 52.1 Å². The second-order valence-electron chi connectivity index (χ2n) is 5.63. The van der Waals surface area contributed by atoms with Crippen LogP contribution >= 0.6 is 0 Å². The zero-order chi connectivity index (χ0) is 13.8. The topological polar surface area (TPSA) is 12.0 Å². The molecule has 1 nitrogen and oxygen atoms in total. The molecular weight excluding hydrogens is 244 g/mol. The predicted octanol–water partition coefficient (Wildman–Crippen LogP) is 4.54. The Bertz CT molecular complexity index is 388. The van der Waals surface area contributed by atoms with Crippen LogP contribution in [-0.2, 0) is 6.54 Å². The van der Waals surface area contributed by atoms with E-state index in [0.717, 1.165) is 18.0 Å². The third-order valence-corrected chi connectivity index (χ3v) is 4.55. The van der Waals surface area contributed by atoms with Crippen molar-refractivity contribution >= 4 is 0 Å². The van der Waals surface area contributed by atoms with Gasteiger partial charge in [0.05, 0.1) is 0 Å². The van der Waals surface area contributed by atoms with Crippen molar-refractivity contribution in [3.05, 3.63) is 35.4 Å². The van der Waals surface area contributed by atoms with Crippen molar-refractivity contribution in [1.29, 1.82) is 0 Å². The predicted molar refractivity (Wildman–Crippen MR) is 74.2 cm³/mol. The highest BCUT2D eigenvalue weighted by molar-refractivity contribution is 5.23. The molecule has 0 radical (unpaired) electrons. The molecule has 2 rings (SSSR count). The van der Waals surface area contributed by atoms with Crippen LogP contribution < -0.4 is 5.32 Å². The number of alkyl halides is 2. The van der Waals surface area contributed by atoms with E-state index < -0.39 is 6.43 Å². The van der Waals surface area contributed by atoms with Crippen molar-refractivity contribution in [2.24, 2.45) is 11.8 Å². The lowest BCUT2D eigenvalue weighted by atomic mass is 9.93. The van der Waals surface area contributed by atoms with Crippen LogP contribution in [0, 0.1) is 11.8 Å². The van der Waals surface area contributed by atoms with E-state index in [0.29, 0.717) is 12.0 Å². The van der Waals surface area contributed by atoms with E-state index in [-0.39, 0.29) is 5.56 Å². The van der Waals surface area contributed by atoms with Crippen molar-refractivity contribution < 1.29 is 8.78 Å². The van der Waals surface area contributed by atoms with Gasteiger partial charge in [-0.15, -0.1) is 0 Å². The molecule has 3 heteroatoms. The van der Waals surface area contributed by atoms with E-state index in [9.17, 15) is 8.78 Å². The van der Waals surface area contributed by atoms with Gasteiger partial charge in [-0.2, -0.15) is 0 Å². The van der Waals surface area contributed by atoms with E-state index in [2.05, 4.69) is 19.2 Å². The lowest BCUT2D eigenvalue weighted by Crippen LogP contribution is -2.32. The summed E-state index contributed by atoms with van der Waals surface area (Å²) in [4.78, 5) is 0. The molecule has 0 heterocycles. The van der Waals surface area contributed by atoms with Crippen LogP contribution in [0.2, 0.25) is 0 Å². The van der Waals surface area contributed by atoms with Crippen LogP contribution in [0.25, 0.3) is 0 Å². The Balaban J connectivity index is 1.85. The van der Waals surface area contributed by atoms with E-state index in [1.54, 1.807) is 12.1 Å². The maximum absolute atomic E-state index is 12.4. The van der Waals surface area contributed by atoms with Gasteiger partial charge < -0.3 is 5.32 Å². The summed E-state index contributed by atoms with van der Waals surface area (Å²) < 4.78 is 24.9. The molecule has 0 spiro atoms. The van der Waals surface area contributed by atoms with Gasteiger partial charge in [-0.3, -0.25) is 0 Å². The lowest BCUT2D eigenvalue weighted by Gasteiger charge is -2.21. The third-order valence-electron chi connectivity index (χ3n) is 4.55. The first-order valence-corrected chi connectivity index (χ1v) is 7.22. The van der Waals surface area contributed by atoms with Gasteiger partial charge in [-0.1, -0.05) is 44.5 Å². The summed E-state index contributed by atoms with van der Waals surface area (Å²) in [5.74, 6) is 1.55. The Kier molecular flexibility index (Phi) is 4.92. The average molecular weight is 267 g/mol. The summed E-state index contributed by atoms with van der Waals surface area (Å²) in [7, 11) is 0. The average Bonchev–Trinajstić information content (AvgIpc) is 2.77. The van der Waals surface area contributed by atoms with Gasteiger partial charge in [0, 0.05) is 18.2 Å².